The summed E-state index contributed by atoms with van der Waals surface area (Å²) in [6, 6.07) is 8.58. The van der Waals surface area contributed by atoms with Crippen molar-refractivity contribution in [3.8, 4) is 5.75 Å². The van der Waals surface area contributed by atoms with Gasteiger partial charge < -0.3 is 10.1 Å². The van der Waals surface area contributed by atoms with Gasteiger partial charge in [0.05, 0.1) is 12.5 Å². The lowest BCUT2D eigenvalue weighted by molar-refractivity contribution is -0.148. The first-order valence-corrected chi connectivity index (χ1v) is 9.13. The Morgan fingerprint density at radius 1 is 1.25 bits per heavy atom. The number of hydrogen-bond acceptors (Lipinski definition) is 2. The van der Waals surface area contributed by atoms with Gasteiger partial charge in [-0.2, -0.15) is 0 Å². The molecule has 1 aromatic carbocycles. The van der Waals surface area contributed by atoms with Crippen LogP contribution in [-0.2, 0) is 10.2 Å². The molecule has 1 aromatic rings. The fourth-order valence-corrected chi connectivity index (χ4v) is 6.16. The molecule has 0 saturated heterocycles. The molecule has 5 rings (SSSR count). The highest BCUT2D eigenvalue weighted by Gasteiger charge is 2.60. The maximum Gasteiger partial charge on any atom is 0.226 e. The Morgan fingerprint density at radius 2 is 1.92 bits per heavy atom. The van der Waals surface area contributed by atoms with Crippen LogP contribution in [0, 0.1) is 17.3 Å². The Morgan fingerprint density at radius 3 is 2.50 bits per heavy atom. The molecule has 0 heterocycles. The highest BCUT2D eigenvalue weighted by Crippen LogP contribution is 2.65. The Bertz CT molecular complexity index is 634. The van der Waals surface area contributed by atoms with Gasteiger partial charge in [0.25, 0.3) is 0 Å². The molecule has 0 aliphatic heterocycles. The highest BCUT2D eigenvalue weighted by molar-refractivity contribution is 5.83. The number of amides is 1. The number of benzene rings is 1. The number of ether oxygens (including phenoxy) is 1. The Labute approximate surface area is 144 Å². The molecule has 4 aliphatic carbocycles. The normalized spacial score (nSPS) is 36.4. The van der Waals surface area contributed by atoms with E-state index >= 15 is 0 Å². The number of methoxy groups -OCH3 is 1. The first-order chi connectivity index (χ1) is 11.6. The van der Waals surface area contributed by atoms with Gasteiger partial charge in [0.2, 0.25) is 5.91 Å². The standard InChI is InChI=1S/C21H27NO2/c1-3-8-22-19(23)21-12-15-9-16(13-21)11-20(10-15,14-21)17-4-6-18(24-2)7-5-17/h3-7,15-16H,1,8-14H2,2H3,(H,22,23)/t15-,16+,20?,21?. The summed E-state index contributed by atoms with van der Waals surface area (Å²) in [5.74, 6) is 2.56. The van der Waals surface area contributed by atoms with Crippen molar-refractivity contribution in [3.05, 3.63) is 42.5 Å². The number of rotatable bonds is 5. The summed E-state index contributed by atoms with van der Waals surface area (Å²) < 4.78 is 5.32. The maximum atomic E-state index is 13.0. The third kappa shape index (κ3) is 2.37. The number of carbonyl (C=O) groups is 1. The monoisotopic (exact) mass is 325 g/mol. The summed E-state index contributed by atoms with van der Waals surface area (Å²) in [6.07, 6.45) is 8.72. The van der Waals surface area contributed by atoms with E-state index in [1.807, 2.05) is 0 Å². The predicted octanol–water partition coefficient (Wildman–Crippen LogP) is 3.84. The largest absolute Gasteiger partial charge is 0.497 e. The lowest BCUT2D eigenvalue weighted by atomic mass is 9.42. The van der Waals surface area contributed by atoms with Crippen molar-refractivity contribution in [3.63, 3.8) is 0 Å². The lowest BCUT2D eigenvalue weighted by Crippen LogP contribution is -2.59. The van der Waals surface area contributed by atoms with Gasteiger partial charge in [-0.25, -0.2) is 0 Å². The van der Waals surface area contributed by atoms with E-state index in [2.05, 4.69) is 36.2 Å². The summed E-state index contributed by atoms with van der Waals surface area (Å²) in [4.78, 5) is 13.0. The Kier molecular flexibility index (Phi) is 3.70. The molecule has 4 bridgehead atoms. The highest BCUT2D eigenvalue weighted by atomic mass is 16.5. The van der Waals surface area contributed by atoms with Crippen LogP contribution < -0.4 is 10.1 Å². The minimum absolute atomic E-state index is 0.160. The molecule has 128 valence electrons. The van der Waals surface area contributed by atoms with Crippen LogP contribution in [0.4, 0.5) is 0 Å². The van der Waals surface area contributed by atoms with Crippen LogP contribution in [0.15, 0.2) is 36.9 Å². The Balaban J connectivity index is 1.67. The van der Waals surface area contributed by atoms with E-state index in [0.717, 1.165) is 25.0 Å². The van der Waals surface area contributed by atoms with Gasteiger partial charge in [0, 0.05) is 6.54 Å². The lowest BCUT2D eigenvalue weighted by Gasteiger charge is -2.61. The Hall–Kier alpha value is -1.77. The van der Waals surface area contributed by atoms with Gasteiger partial charge in [-0.05, 0) is 73.5 Å². The molecule has 2 unspecified atom stereocenters. The molecule has 4 fully saturated rings. The van der Waals surface area contributed by atoms with Crippen molar-refractivity contribution in [1.29, 1.82) is 0 Å². The van der Waals surface area contributed by atoms with E-state index in [9.17, 15) is 4.79 Å². The van der Waals surface area contributed by atoms with E-state index in [1.54, 1.807) is 13.2 Å². The quantitative estimate of drug-likeness (QED) is 0.836. The average molecular weight is 325 g/mol. The second-order valence-electron chi connectivity index (χ2n) is 8.25. The molecule has 1 amide bonds. The average Bonchev–Trinajstić information content (AvgIpc) is 2.58. The second-order valence-corrected chi connectivity index (χ2v) is 8.25. The van der Waals surface area contributed by atoms with E-state index in [1.165, 1.54) is 24.8 Å². The molecule has 0 aromatic heterocycles. The molecule has 0 radical (unpaired) electrons. The fourth-order valence-electron chi connectivity index (χ4n) is 6.16. The first kappa shape index (κ1) is 15.7. The smallest absolute Gasteiger partial charge is 0.226 e. The summed E-state index contributed by atoms with van der Waals surface area (Å²) in [5, 5.41) is 3.10. The van der Waals surface area contributed by atoms with Crippen LogP contribution in [0.1, 0.15) is 44.1 Å². The molecular weight excluding hydrogens is 298 g/mol. The van der Waals surface area contributed by atoms with E-state index in [0.29, 0.717) is 18.4 Å². The van der Waals surface area contributed by atoms with E-state index in [-0.39, 0.29) is 16.7 Å². The molecule has 4 atom stereocenters. The summed E-state index contributed by atoms with van der Waals surface area (Å²) in [6.45, 7) is 4.30. The molecule has 4 saturated carbocycles. The molecular formula is C21H27NO2. The predicted molar refractivity (Wildman–Crippen MR) is 95.0 cm³/mol. The van der Waals surface area contributed by atoms with Crippen molar-refractivity contribution >= 4 is 5.91 Å². The first-order valence-electron chi connectivity index (χ1n) is 9.13. The SMILES string of the molecule is C=CCNC(=O)C12C[C@H]3C[C@@H](C1)CC(c1ccc(OC)cc1)(C3)C2. The van der Waals surface area contributed by atoms with Crippen molar-refractivity contribution in [2.45, 2.75) is 43.9 Å². The van der Waals surface area contributed by atoms with Crippen molar-refractivity contribution < 1.29 is 9.53 Å². The summed E-state index contributed by atoms with van der Waals surface area (Å²) >= 11 is 0. The van der Waals surface area contributed by atoms with E-state index < -0.39 is 0 Å². The molecule has 3 nitrogen and oxygen atoms in total. The number of carbonyl (C=O) groups excluding carboxylic acids is 1. The molecule has 24 heavy (non-hydrogen) atoms. The number of hydrogen-bond donors (Lipinski definition) is 1. The van der Waals surface area contributed by atoms with Gasteiger partial charge in [-0.15, -0.1) is 6.58 Å². The molecule has 3 heteroatoms. The second kappa shape index (κ2) is 5.65. The van der Waals surface area contributed by atoms with Gasteiger partial charge in [-0.1, -0.05) is 18.2 Å². The molecule has 0 spiro atoms. The zero-order chi connectivity index (χ0) is 16.8. The zero-order valence-corrected chi connectivity index (χ0v) is 14.5. The van der Waals surface area contributed by atoms with Crippen LogP contribution in [0.5, 0.6) is 5.75 Å². The summed E-state index contributed by atoms with van der Waals surface area (Å²) in [5.41, 5.74) is 1.42. The van der Waals surface area contributed by atoms with Crippen molar-refractivity contribution in [2.75, 3.05) is 13.7 Å². The third-order valence-corrected chi connectivity index (χ3v) is 6.65. The zero-order valence-electron chi connectivity index (χ0n) is 14.5. The van der Waals surface area contributed by atoms with Crippen LogP contribution in [-0.4, -0.2) is 19.6 Å². The third-order valence-electron chi connectivity index (χ3n) is 6.65. The van der Waals surface area contributed by atoms with Gasteiger partial charge in [-0.3, -0.25) is 4.79 Å². The van der Waals surface area contributed by atoms with E-state index in [4.69, 9.17) is 4.74 Å². The van der Waals surface area contributed by atoms with Crippen molar-refractivity contribution in [1.82, 2.24) is 5.32 Å². The maximum absolute atomic E-state index is 13.0. The number of nitrogens with one attached hydrogen (secondary N) is 1. The summed E-state index contributed by atoms with van der Waals surface area (Å²) in [7, 11) is 1.71. The minimum atomic E-state index is -0.160. The molecule has 4 aliphatic rings. The van der Waals surface area contributed by atoms with Crippen LogP contribution in [0.25, 0.3) is 0 Å². The van der Waals surface area contributed by atoms with Gasteiger partial charge in [0.1, 0.15) is 5.75 Å². The van der Waals surface area contributed by atoms with Crippen LogP contribution in [0.3, 0.4) is 0 Å². The van der Waals surface area contributed by atoms with Crippen molar-refractivity contribution in [2.24, 2.45) is 17.3 Å². The fraction of sp³-hybridized carbons (Fsp3) is 0.571. The minimum Gasteiger partial charge on any atom is -0.497 e. The van der Waals surface area contributed by atoms with Gasteiger partial charge >= 0.3 is 0 Å². The molecule has 1 N–H and O–H groups in total. The topological polar surface area (TPSA) is 38.3 Å². The van der Waals surface area contributed by atoms with Gasteiger partial charge in [0.15, 0.2) is 0 Å². The van der Waals surface area contributed by atoms with Crippen LogP contribution in [0.2, 0.25) is 0 Å². The van der Waals surface area contributed by atoms with Crippen LogP contribution >= 0.6 is 0 Å².